The van der Waals surface area contributed by atoms with Crippen LogP contribution in [0, 0.1) is 0 Å². The number of carbonyl (C=O) groups excluding carboxylic acids is 3. The number of aliphatic imine (C=N–C) groups is 1. The van der Waals surface area contributed by atoms with Crippen LogP contribution < -0.4 is 5.32 Å². The summed E-state index contributed by atoms with van der Waals surface area (Å²) in [6, 6.07) is -0.900. The van der Waals surface area contributed by atoms with Crippen LogP contribution in [0.2, 0.25) is 0 Å². The number of allylic oxidation sites excluding steroid dienone is 1. The van der Waals surface area contributed by atoms with E-state index in [2.05, 4.69) is 18.2 Å². The van der Waals surface area contributed by atoms with Gasteiger partial charge in [-0.25, -0.2) is 4.79 Å². The lowest BCUT2D eigenvalue weighted by molar-refractivity contribution is -0.115. The fourth-order valence-corrected chi connectivity index (χ4v) is 0.539. The first-order chi connectivity index (χ1) is 6.51. The van der Waals surface area contributed by atoms with Gasteiger partial charge in [0.1, 0.15) is 0 Å². The number of ketones is 1. The molecule has 1 N–H and O–H groups in total. The first kappa shape index (κ1) is 12.0. The molecule has 0 aliphatic heterocycles. The summed E-state index contributed by atoms with van der Waals surface area (Å²) in [5, 5.41) is 1.87. The summed E-state index contributed by atoms with van der Waals surface area (Å²) in [5.41, 5.74) is -0.0330. The standard InChI is InChI=1S/C9H10N2O3/c1-4-7(12)6(3)10-9(14)11-8(13)5-2/h4-5H,1-2H2,3H3,(H,11,13,14). The highest BCUT2D eigenvalue weighted by molar-refractivity contribution is 6.44. The molecule has 5 nitrogen and oxygen atoms in total. The van der Waals surface area contributed by atoms with Gasteiger partial charge in [0.25, 0.3) is 5.91 Å². The predicted octanol–water partition coefficient (Wildman–Crippen LogP) is 0.625. The second kappa shape index (κ2) is 5.58. The lowest BCUT2D eigenvalue weighted by atomic mass is 10.3. The minimum absolute atomic E-state index is 0.0330. The van der Waals surface area contributed by atoms with Gasteiger partial charge < -0.3 is 0 Å². The number of amides is 3. The minimum Gasteiger partial charge on any atom is -0.288 e. The topological polar surface area (TPSA) is 75.6 Å². The minimum atomic E-state index is -0.900. The molecule has 74 valence electrons. The molecule has 0 atom stereocenters. The Kier molecular flexibility index (Phi) is 4.77. The van der Waals surface area contributed by atoms with Crippen molar-refractivity contribution in [3.8, 4) is 0 Å². The van der Waals surface area contributed by atoms with Crippen molar-refractivity contribution in [1.82, 2.24) is 5.32 Å². The molecule has 0 rings (SSSR count). The van der Waals surface area contributed by atoms with Crippen molar-refractivity contribution in [2.45, 2.75) is 6.92 Å². The summed E-state index contributed by atoms with van der Waals surface area (Å²) < 4.78 is 0. The van der Waals surface area contributed by atoms with Crippen molar-refractivity contribution in [1.29, 1.82) is 0 Å². The lowest BCUT2D eigenvalue weighted by Gasteiger charge is -1.95. The first-order valence-electron chi connectivity index (χ1n) is 3.70. The lowest BCUT2D eigenvalue weighted by Crippen LogP contribution is -2.27. The van der Waals surface area contributed by atoms with Gasteiger partial charge in [-0.1, -0.05) is 13.2 Å². The number of urea groups is 1. The molecule has 14 heavy (non-hydrogen) atoms. The Morgan fingerprint density at radius 2 is 1.79 bits per heavy atom. The van der Waals surface area contributed by atoms with Crippen LogP contribution in [0.5, 0.6) is 0 Å². The van der Waals surface area contributed by atoms with Gasteiger partial charge in [-0.3, -0.25) is 14.9 Å². The van der Waals surface area contributed by atoms with Crippen LogP contribution in [0.25, 0.3) is 0 Å². The van der Waals surface area contributed by atoms with E-state index in [1.807, 2.05) is 5.32 Å². The van der Waals surface area contributed by atoms with Crippen LogP contribution in [0.3, 0.4) is 0 Å². The van der Waals surface area contributed by atoms with E-state index >= 15 is 0 Å². The molecule has 0 aromatic carbocycles. The molecule has 0 radical (unpaired) electrons. The van der Waals surface area contributed by atoms with E-state index in [1.165, 1.54) is 6.92 Å². The zero-order valence-corrected chi connectivity index (χ0v) is 7.74. The Bertz CT molecular complexity index is 329. The van der Waals surface area contributed by atoms with Gasteiger partial charge in [0.05, 0.1) is 5.71 Å². The summed E-state index contributed by atoms with van der Waals surface area (Å²) in [5.74, 6) is -1.14. The number of hydrogen-bond acceptors (Lipinski definition) is 3. The van der Waals surface area contributed by atoms with Crippen LogP contribution in [-0.4, -0.2) is 23.4 Å². The molecule has 5 heteroatoms. The molecular formula is C9H10N2O3. The molecule has 0 bridgehead atoms. The van der Waals surface area contributed by atoms with Crippen molar-refractivity contribution >= 4 is 23.4 Å². The quantitative estimate of drug-likeness (QED) is 0.528. The Labute approximate surface area is 81.2 Å². The summed E-state index contributed by atoms with van der Waals surface area (Å²) >= 11 is 0. The number of carbonyl (C=O) groups is 3. The van der Waals surface area contributed by atoms with E-state index in [0.717, 1.165) is 12.2 Å². The molecule has 3 amide bonds. The Morgan fingerprint density at radius 3 is 2.21 bits per heavy atom. The molecule has 0 aliphatic rings. The Hall–Kier alpha value is -2.04. The van der Waals surface area contributed by atoms with Crippen LogP contribution in [-0.2, 0) is 9.59 Å². The van der Waals surface area contributed by atoms with E-state index in [-0.39, 0.29) is 5.71 Å². The van der Waals surface area contributed by atoms with Crippen molar-refractivity contribution in [3.63, 3.8) is 0 Å². The van der Waals surface area contributed by atoms with Gasteiger partial charge in [0, 0.05) is 0 Å². The van der Waals surface area contributed by atoms with Gasteiger partial charge in [-0.05, 0) is 19.1 Å². The fourth-order valence-electron chi connectivity index (χ4n) is 0.539. The predicted molar refractivity (Wildman–Crippen MR) is 52.0 cm³/mol. The maximum absolute atomic E-state index is 10.9. The van der Waals surface area contributed by atoms with Crippen molar-refractivity contribution < 1.29 is 14.4 Å². The highest BCUT2D eigenvalue weighted by Gasteiger charge is 2.06. The Balaban J connectivity index is 4.43. The molecule has 0 saturated heterocycles. The zero-order valence-electron chi connectivity index (χ0n) is 7.74. The van der Waals surface area contributed by atoms with Crippen molar-refractivity contribution in [2.75, 3.05) is 0 Å². The van der Waals surface area contributed by atoms with Gasteiger partial charge in [-0.2, -0.15) is 4.99 Å². The van der Waals surface area contributed by atoms with Crippen molar-refractivity contribution in [2.24, 2.45) is 4.99 Å². The number of hydrogen-bond donors (Lipinski definition) is 1. The van der Waals surface area contributed by atoms with Crippen LogP contribution in [0.1, 0.15) is 6.92 Å². The zero-order chi connectivity index (χ0) is 11.1. The highest BCUT2D eigenvalue weighted by Crippen LogP contribution is 1.84. The average Bonchev–Trinajstić information content (AvgIpc) is 2.15. The highest BCUT2D eigenvalue weighted by atomic mass is 16.2. The summed E-state index contributed by atoms with van der Waals surface area (Å²) in [4.78, 5) is 35.7. The summed E-state index contributed by atoms with van der Waals surface area (Å²) in [6.45, 7) is 7.72. The number of nitrogens with one attached hydrogen (secondary N) is 1. The molecule has 0 saturated carbocycles. The van der Waals surface area contributed by atoms with Gasteiger partial charge in [0.2, 0.25) is 0 Å². The SMILES string of the molecule is C=CC(=O)NC(=O)N=C(C)C(=O)C=C. The molecular weight excluding hydrogens is 184 g/mol. The number of nitrogens with zero attached hydrogens (tertiary/aromatic N) is 1. The largest absolute Gasteiger partial charge is 0.348 e. The Morgan fingerprint density at radius 1 is 1.21 bits per heavy atom. The molecule has 0 fully saturated rings. The molecule has 0 heterocycles. The second-order valence-electron chi connectivity index (χ2n) is 2.26. The van der Waals surface area contributed by atoms with Gasteiger partial charge in [-0.15, -0.1) is 0 Å². The molecule has 0 aromatic rings. The third kappa shape index (κ3) is 4.10. The van der Waals surface area contributed by atoms with Crippen molar-refractivity contribution in [3.05, 3.63) is 25.3 Å². The third-order valence-corrected chi connectivity index (χ3v) is 1.23. The van der Waals surface area contributed by atoms with E-state index in [4.69, 9.17) is 0 Å². The number of rotatable bonds is 3. The normalized spacial score (nSPS) is 10.2. The monoisotopic (exact) mass is 194 g/mol. The molecule has 0 unspecified atom stereocenters. The van der Waals surface area contributed by atoms with Gasteiger partial charge in [0.15, 0.2) is 5.78 Å². The average molecular weight is 194 g/mol. The molecule has 0 aliphatic carbocycles. The third-order valence-electron chi connectivity index (χ3n) is 1.23. The molecule has 0 spiro atoms. The smallest absolute Gasteiger partial charge is 0.288 e. The summed E-state index contributed by atoms with van der Waals surface area (Å²) in [7, 11) is 0. The van der Waals surface area contributed by atoms with Crippen LogP contribution in [0.4, 0.5) is 4.79 Å². The van der Waals surface area contributed by atoms with Crippen LogP contribution in [0.15, 0.2) is 30.3 Å². The summed E-state index contributed by atoms with van der Waals surface area (Å²) in [6.07, 6.45) is 1.96. The van der Waals surface area contributed by atoms with E-state index in [9.17, 15) is 14.4 Å². The van der Waals surface area contributed by atoms with E-state index < -0.39 is 17.7 Å². The van der Waals surface area contributed by atoms with E-state index in [1.54, 1.807) is 0 Å². The molecule has 0 aromatic heterocycles. The van der Waals surface area contributed by atoms with Gasteiger partial charge >= 0.3 is 6.03 Å². The van der Waals surface area contributed by atoms with Crippen LogP contribution >= 0.6 is 0 Å². The maximum atomic E-state index is 10.9. The second-order valence-corrected chi connectivity index (χ2v) is 2.26. The first-order valence-corrected chi connectivity index (χ1v) is 3.70. The fraction of sp³-hybridized carbons (Fsp3) is 0.111. The van der Waals surface area contributed by atoms with E-state index in [0.29, 0.717) is 0 Å². The number of imide groups is 1. The maximum Gasteiger partial charge on any atom is 0.348 e.